The monoisotopic (exact) mass is 391 g/mol. The van der Waals surface area contributed by atoms with E-state index >= 15 is 0 Å². The lowest BCUT2D eigenvalue weighted by Crippen LogP contribution is -2.41. The molecule has 0 bridgehead atoms. The number of methoxy groups -OCH3 is 2. The molecule has 0 saturated carbocycles. The van der Waals surface area contributed by atoms with Crippen LogP contribution in [0.25, 0.3) is 0 Å². The number of rotatable bonds is 13. The fourth-order valence-corrected chi connectivity index (χ4v) is 2.73. The molecule has 0 spiro atoms. The number of hydrogen-bond acceptors (Lipinski definition) is 6. The van der Waals surface area contributed by atoms with Crippen molar-refractivity contribution in [3.8, 4) is 0 Å². The third-order valence-electron chi connectivity index (χ3n) is 4.28. The predicted octanol–water partition coefficient (Wildman–Crippen LogP) is 2.36. The number of carbonyl (C=O) groups excluding carboxylic acids is 4. The number of ether oxygens (including phenoxy) is 2. The van der Waals surface area contributed by atoms with Gasteiger partial charge in [0.15, 0.2) is 0 Å². The molecule has 0 aliphatic heterocycles. The number of benzene rings is 1. The van der Waals surface area contributed by atoms with Gasteiger partial charge in [-0.25, -0.2) is 4.79 Å². The normalized spacial score (nSPS) is 11.4. The summed E-state index contributed by atoms with van der Waals surface area (Å²) >= 11 is 0. The van der Waals surface area contributed by atoms with E-state index in [1.807, 2.05) is 30.3 Å². The Morgan fingerprint density at radius 1 is 0.893 bits per heavy atom. The average molecular weight is 391 g/mol. The Kier molecular flexibility index (Phi) is 11.2. The largest absolute Gasteiger partial charge is 0.469 e. The summed E-state index contributed by atoms with van der Waals surface area (Å²) < 4.78 is 9.25. The van der Waals surface area contributed by atoms with Crippen molar-refractivity contribution in [1.29, 1.82) is 0 Å². The standard InChI is InChI=1S/C21H29NO6/c1-27-20(25)14-8-12-18(21(26)28-2)22-19(24)13-7-6-11-17(23)15-16-9-4-3-5-10-16/h3-5,9-10,18H,6-8,11-15H2,1-2H3,(H,22,24)/t18-/m0/s1. The summed E-state index contributed by atoms with van der Waals surface area (Å²) in [5, 5.41) is 2.64. The second-order valence-corrected chi connectivity index (χ2v) is 6.52. The first-order valence-electron chi connectivity index (χ1n) is 9.46. The lowest BCUT2D eigenvalue weighted by Gasteiger charge is -2.16. The molecule has 154 valence electrons. The molecule has 7 heteroatoms. The van der Waals surface area contributed by atoms with Crippen molar-refractivity contribution in [3.05, 3.63) is 35.9 Å². The van der Waals surface area contributed by atoms with Crippen LogP contribution in [0.2, 0.25) is 0 Å². The molecule has 1 atom stereocenters. The van der Waals surface area contributed by atoms with Gasteiger partial charge in [0.05, 0.1) is 14.2 Å². The molecule has 0 unspecified atom stereocenters. The second kappa shape index (κ2) is 13.5. The first-order chi connectivity index (χ1) is 13.5. The van der Waals surface area contributed by atoms with Crippen LogP contribution in [0.4, 0.5) is 0 Å². The van der Waals surface area contributed by atoms with Crippen LogP contribution in [0.3, 0.4) is 0 Å². The van der Waals surface area contributed by atoms with Crippen molar-refractivity contribution in [2.24, 2.45) is 0 Å². The summed E-state index contributed by atoms with van der Waals surface area (Å²) in [6.07, 6.45) is 3.09. The first-order valence-corrected chi connectivity index (χ1v) is 9.46. The van der Waals surface area contributed by atoms with Gasteiger partial charge in [-0.1, -0.05) is 30.3 Å². The van der Waals surface area contributed by atoms with Crippen LogP contribution >= 0.6 is 0 Å². The zero-order valence-electron chi connectivity index (χ0n) is 16.6. The maximum absolute atomic E-state index is 12.1. The van der Waals surface area contributed by atoms with E-state index in [2.05, 4.69) is 10.1 Å². The Balaban J connectivity index is 2.28. The van der Waals surface area contributed by atoms with Gasteiger partial charge in [0.2, 0.25) is 5.91 Å². The maximum atomic E-state index is 12.1. The van der Waals surface area contributed by atoms with Gasteiger partial charge < -0.3 is 14.8 Å². The van der Waals surface area contributed by atoms with E-state index in [1.54, 1.807) is 0 Å². The number of hydrogen-bond donors (Lipinski definition) is 1. The minimum atomic E-state index is -0.790. The molecule has 0 aliphatic rings. The lowest BCUT2D eigenvalue weighted by molar-refractivity contribution is -0.146. The number of unbranched alkanes of at least 4 members (excludes halogenated alkanes) is 1. The van der Waals surface area contributed by atoms with Crippen LogP contribution in [0.5, 0.6) is 0 Å². The third-order valence-corrected chi connectivity index (χ3v) is 4.28. The Bertz CT molecular complexity index is 644. The van der Waals surface area contributed by atoms with E-state index in [4.69, 9.17) is 4.74 Å². The zero-order chi connectivity index (χ0) is 20.8. The van der Waals surface area contributed by atoms with Crippen LogP contribution in [0.1, 0.15) is 50.5 Å². The van der Waals surface area contributed by atoms with Gasteiger partial charge in [-0.15, -0.1) is 0 Å². The van der Waals surface area contributed by atoms with Crippen molar-refractivity contribution in [2.75, 3.05) is 14.2 Å². The summed E-state index contributed by atoms with van der Waals surface area (Å²) in [6.45, 7) is 0. The minimum absolute atomic E-state index is 0.141. The van der Waals surface area contributed by atoms with Gasteiger partial charge in [0, 0.05) is 25.7 Å². The van der Waals surface area contributed by atoms with Crippen molar-refractivity contribution in [2.45, 2.75) is 57.4 Å². The fourth-order valence-electron chi connectivity index (χ4n) is 2.73. The molecule has 0 saturated heterocycles. The highest BCUT2D eigenvalue weighted by Crippen LogP contribution is 2.08. The van der Waals surface area contributed by atoms with E-state index < -0.39 is 12.0 Å². The summed E-state index contributed by atoms with van der Waals surface area (Å²) in [5.41, 5.74) is 0.984. The smallest absolute Gasteiger partial charge is 0.328 e. The molecule has 0 fully saturated rings. The number of esters is 2. The summed E-state index contributed by atoms with van der Waals surface area (Å²) in [7, 11) is 2.55. The van der Waals surface area contributed by atoms with E-state index in [0.717, 1.165) is 5.56 Å². The number of nitrogens with one attached hydrogen (secondary N) is 1. The van der Waals surface area contributed by atoms with Crippen LogP contribution in [0, 0.1) is 0 Å². The average Bonchev–Trinajstić information content (AvgIpc) is 2.70. The highest BCUT2D eigenvalue weighted by atomic mass is 16.5. The lowest BCUT2D eigenvalue weighted by atomic mass is 10.0. The van der Waals surface area contributed by atoms with E-state index in [1.165, 1.54) is 14.2 Å². The number of carbonyl (C=O) groups is 4. The number of ketones is 1. The van der Waals surface area contributed by atoms with E-state index in [-0.39, 0.29) is 30.5 Å². The van der Waals surface area contributed by atoms with Crippen molar-refractivity contribution < 1.29 is 28.7 Å². The van der Waals surface area contributed by atoms with E-state index in [9.17, 15) is 19.2 Å². The molecule has 1 amide bonds. The maximum Gasteiger partial charge on any atom is 0.328 e. The van der Waals surface area contributed by atoms with Gasteiger partial charge in [-0.05, 0) is 31.2 Å². The molecule has 1 N–H and O–H groups in total. The van der Waals surface area contributed by atoms with Crippen LogP contribution < -0.4 is 5.32 Å². The van der Waals surface area contributed by atoms with Crippen LogP contribution in [-0.2, 0) is 35.1 Å². The van der Waals surface area contributed by atoms with Gasteiger partial charge in [0.25, 0.3) is 0 Å². The van der Waals surface area contributed by atoms with Gasteiger partial charge >= 0.3 is 11.9 Å². The second-order valence-electron chi connectivity index (χ2n) is 6.52. The molecule has 7 nitrogen and oxygen atoms in total. The number of Topliss-reactive ketones (excluding diaryl/α,β-unsaturated/α-hetero) is 1. The molecule has 1 rings (SSSR count). The molecular weight excluding hydrogens is 362 g/mol. The van der Waals surface area contributed by atoms with Crippen LogP contribution in [-0.4, -0.2) is 43.9 Å². The quantitative estimate of drug-likeness (QED) is 0.409. The van der Waals surface area contributed by atoms with Crippen molar-refractivity contribution >= 4 is 23.6 Å². The molecular formula is C21H29NO6. The van der Waals surface area contributed by atoms with Gasteiger partial charge in [0.1, 0.15) is 11.8 Å². The Hall–Kier alpha value is -2.70. The highest BCUT2D eigenvalue weighted by Gasteiger charge is 2.21. The highest BCUT2D eigenvalue weighted by molar-refractivity contribution is 5.84. The summed E-state index contributed by atoms with van der Waals surface area (Å²) in [4.78, 5) is 47.0. The topological polar surface area (TPSA) is 98.8 Å². The Morgan fingerprint density at radius 2 is 1.57 bits per heavy atom. The van der Waals surface area contributed by atoms with Crippen molar-refractivity contribution in [3.63, 3.8) is 0 Å². The third kappa shape index (κ3) is 9.85. The van der Waals surface area contributed by atoms with Crippen molar-refractivity contribution in [1.82, 2.24) is 5.32 Å². The van der Waals surface area contributed by atoms with E-state index in [0.29, 0.717) is 38.5 Å². The predicted molar refractivity (Wildman–Crippen MR) is 103 cm³/mol. The van der Waals surface area contributed by atoms with Gasteiger partial charge in [-0.2, -0.15) is 0 Å². The SMILES string of the molecule is COC(=O)CCC[C@H](NC(=O)CCCCC(=O)Cc1ccccc1)C(=O)OC. The molecule has 28 heavy (non-hydrogen) atoms. The Labute approximate surface area is 165 Å². The fraction of sp³-hybridized carbons (Fsp3) is 0.524. The molecule has 1 aromatic carbocycles. The first kappa shape index (κ1) is 23.3. The molecule has 0 radical (unpaired) electrons. The molecule has 0 heterocycles. The molecule has 0 aliphatic carbocycles. The summed E-state index contributed by atoms with van der Waals surface area (Å²) in [5.74, 6) is -1.04. The molecule has 1 aromatic rings. The van der Waals surface area contributed by atoms with Crippen LogP contribution in [0.15, 0.2) is 30.3 Å². The summed E-state index contributed by atoms with van der Waals surface area (Å²) in [6, 6.07) is 8.74. The number of amides is 1. The minimum Gasteiger partial charge on any atom is -0.469 e. The van der Waals surface area contributed by atoms with Gasteiger partial charge in [-0.3, -0.25) is 14.4 Å². The zero-order valence-corrected chi connectivity index (χ0v) is 16.6. The molecule has 0 aromatic heterocycles. The Morgan fingerprint density at radius 3 is 2.21 bits per heavy atom.